The fourth-order valence-corrected chi connectivity index (χ4v) is 3.21. The molecule has 2 N–H and O–H groups in total. The first-order valence-corrected chi connectivity index (χ1v) is 9.80. The Hall–Kier alpha value is -2.32. The normalized spacial score (nSPS) is 18.6. The third kappa shape index (κ3) is 5.33. The average molecular weight is 492 g/mol. The molecule has 0 spiro atoms. The van der Waals surface area contributed by atoms with E-state index < -0.39 is 0 Å². The van der Waals surface area contributed by atoms with Crippen molar-refractivity contribution in [2.24, 2.45) is 22.0 Å². The van der Waals surface area contributed by atoms with Crippen molar-refractivity contribution in [3.05, 3.63) is 68.6 Å². The number of benzene rings is 2. The predicted octanol–water partition coefficient (Wildman–Crippen LogP) is 3.45. The van der Waals surface area contributed by atoms with Gasteiger partial charge in [0.25, 0.3) is 0 Å². The highest BCUT2D eigenvalue weighted by Gasteiger charge is 2.48. The highest BCUT2D eigenvalue weighted by atomic mass is 79.9. The lowest BCUT2D eigenvalue weighted by molar-refractivity contribution is -0.127. The predicted molar refractivity (Wildman–Crippen MR) is 111 cm³/mol. The molecule has 2 aromatic carbocycles. The summed E-state index contributed by atoms with van der Waals surface area (Å²) in [4.78, 5) is 24.1. The SMILES string of the molecule is O=C(NN=Cc1ccccc1Br)C1CC1C(=O)NN=Cc1ccccc1Br. The smallest absolute Gasteiger partial charge is 0.244 e. The van der Waals surface area contributed by atoms with Crippen molar-refractivity contribution in [3.8, 4) is 0 Å². The van der Waals surface area contributed by atoms with Gasteiger partial charge in [-0.15, -0.1) is 0 Å². The quantitative estimate of drug-likeness (QED) is 0.479. The third-order valence-electron chi connectivity index (χ3n) is 4.03. The zero-order valence-electron chi connectivity index (χ0n) is 14.1. The fourth-order valence-electron chi connectivity index (χ4n) is 2.43. The van der Waals surface area contributed by atoms with Gasteiger partial charge in [-0.05, 0) is 18.6 Å². The van der Waals surface area contributed by atoms with E-state index in [0.717, 1.165) is 20.1 Å². The monoisotopic (exact) mass is 490 g/mol. The van der Waals surface area contributed by atoms with E-state index >= 15 is 0 Å². The Kier molecular flexibility index (Phi) is 6.52. The molecule has 2 unspecified atom stereocenters. The summed E-state index contributed by atoms with van der Waals surface area (Å²) in [5, 5.41) is 7.90. The van der Waals surface area contributed by atoms with Crippen molar-refractivity contribution in [3.63, 3.8) is 0 Å². The van der Waals surface area contributed by atoms with Crippen LogP contribution in [0.4, 0.5) is 0 Å². The number of hydrogen-bond acceptors (Lipinski definition) is 4. The van der Waals surface area contributed by atoms with Crippen LogP contribution >= 0.6 is 31.9 Å². The van der Waals surface area contributed by atoms with Crippen molar-refractivity contribution in [2.45, 2.75) is 6.42 Å². The molecule has 3 rings (SSSR count). The molecule has 1 saturated carbocycles. The van der Waals surface area contributed by atoms with E-state index in [1.807, 2.05) is 48.5 Å². The Balaban J connectivity index is 1.46. The lowest BCUT2D eigenvalue weighted by atomic mass is 10.2. The van der Waals surface area contributed by atoms with Crippen LogP contribution in [0.25, 0.3) is 0 Å². The lowest BCUT2D eigenvalue weighted by Crippen LogP contribution is -2.25. The third-order valence-corrected chi connectivity index (χ3v) is 5.48. The summed E-state index contributed by atoms with van der Waals surface area (Å²) < 4.78 is 1.77. The zero-order chi connectivity index (χ0) is 19.2. The Labute approximate surface area is 173 Å². The minimum atomic E-state index is -0.375. The first kappa shape index (κ1) is 19.4. The summed E-state index contributed by atoms with van der Waals surface area (Å²) >= 11 is 6.81. The molecule has 0 aliphatic heterocycles. The van der Waals surface area contributed by atoms with Gasteiger partial charge in [0, 0.05) is 20.1 Å². The van der Waals surface area contributed by atoms with Gasteiger partial charge in [0.15, 0.2) is 0 Å². The van der Waals surface area contributed by atoms with E-state index in [4.69, 9.17) is 0 Å². The second-order valence-electron chi connectivity index (χ2n) is 5.96. The van der Waals surface area contributed by atoms with Crippen molar-refractivity contribution < 1.29 is 9.59 Å². The van der Waals surface area contributed by atoms with Gasteiger partial charge in [0.1, 0.15) is 0 Å². The molecule has 1 aliphatic rings. The second kappa shape index (κ2) is 9.05. The van der Waals surface area contributed by atoms with Gasteiger partial charge in [0.2, 0.25) is 11.8 Å². The average Bonchev–Trinajstić information content (AvgIpc) is 3.46. The standard InChI is InChI=1S/C19H16Br2N4O2/c20-16-7-3-1-5-12(16)10-22-24-18(26)14-9-15(14)19(27)25-23-11-13-6-2-4-8-17(13)21/h1-8,10-11,14-15H,9H2,(H,24,26)(H,25,27). The first-order chi connectivity index (χ1) is 13.1. The number of nitrogens with zero attached hydrogens (tertiary/aromatic N) is 2. The van der Waals surface area contributed by atoms with Gasteiger partial charge in [-0.2, -0.15) is 10.2 Å². The van der Waals surface area contributed by atoms with Crippen LogP contribution in [0.15, 0.2) is 67.7 Å². The zero-order valence-corrected chi connectivity index (χ0v) is 17.3. The van der Waals surface area contributed by atoms with Crippen LogP contribution in [0.3, 0.4) is 0 Å². The molecule has 27 heavy (non-hydrogen) atoms. The molecule has 1 fully saturated rings. The Bertz CT molecular complexity index is 841. The number of carbonyl (C=O) groups excluding carboxylic acids is 2. The maximum absolute atomic E-state index is 12.1. The molecule has 2 atom stereocenters. The molecule has 138 valence electrons. The molecule has 2 amide bonds. The van der Waals surface area contributed by atoms with Gasteiger partial charge in [0.05, 0.1) is 24.3 Å². The number of rotatable bonds is 6. The molecule has 0 aromatic heterocycles. The van der Waals surface area contributed by atoms with Gasteiger partial charge < -0.3 is 0 Å². The van der Waals surface area contributed by atoms with Crippen LogP contribution in [0.5, 0.6) is 0 Å². The van der Waals surface area contributed by atoms with Crippen molar-refractivity contribution >= 4 is 56.1 Å². The van der Waals surface area contributed by atoms with Crippen LogP contribution in [0.1, 0.15) is 17.5 Å². The van der Waals surface area contributed by atoms with Crippen molar-refractivity contribution in [2.75, 3.05) is 0 Å². The first-order valence-electron chi connectivity index (χ1n) is 8.21. The van der Waals surface area contributed by atoms with E-state index in [1.54, 1.807) is 12.4 Å². The van der Waals surface area contributed by atoms with Gasteiger partial charge in [-0.1, -0.05) is 68.3 Å². The molecular weight excluding hydrogens is 476 g/mol. The van der Waals surface area contributed by atoms with E-state index in [-0.39, 0.29) is 23.7 Å². The summed E-state index contributed by atoms with van der Waals surface area (Å²) in [5.41, 5.74) is 6.66. The summed E-state index contributed by atoms with van der Waals surface area (Å²) in [5.74, 6) is -1.29. The van der Waals surface area contributed by atoms with Crippen molar-refractivity contribution in [1.29, 1.82) is 0 Å². The van der Waals surface area contributed by atoms with Crippen LogP contribution in [0, 0.1) is 11.8 Å². The summed E-state index contributed by atoms with van der Waals surface area (Å²) in [6.45, 7) is 0. The Morgan fingerprint density at radius 2 is 1.22 bits per heavy atom. The molecule has 0 heterocycles. The fraction of sp³-hybridized carbons (Fsp3) is 0.158. The minimum Gasteiger partial charge on any atom is -0.273 e. The number of carbonyl (C=O) groups is 2. The minimum absolute atomic E-state index is 0.270. The van der Waals surface area contributed by atoms with Crippen LogP contribution in [-0.4, -0.2) is 24.2 Å². The Morgan fingerprint density at radius 3 is 1.63 bits per heavy atom. The number of amides is 2. The van der Waals surface area contributed by atoms with Crippen LogP contribution < -0.4 is 10.9 Å². The number of nitrogens with one attached hydrogen (secondary N) is 2. The van der Waals surface area contributed by atoms with E-state index in [1.165, 1.54) is 0 Å². The number of hydrogen-bond donors (Lipinski definition) is 2. The molecule has 0 radical (unpaired) electrons. The van der Waals surface area contributed by atoms with Crippen LogP contribution in [0.2, 0.25) is 0 Å². The molecule has 0 saturated heterocycles. The van der Waals surface area contributed by atoms with E-state index in [9.17, 15) is 9.59 Å². The summed E-state index contributed by atoms with van der Waals surface area (Å²) in [6.07, 6.45) is 3.61. The topological polar surface area (TPSA) is 82.9 Å². The largest absolute Gasteiger partial charge is 0.273 e. The van der Waals surface area contributed by atoms with E-state index in [0.29, 0.717) is 6.42 Å². The lowest BCUT2D eigenvalue weighted by Gasteiger charge is -2.01. The van der Waals surface area contributed by atoms with Gasteiger partial charge >= 0.3 is 0 Å². The highest BCUT2D eigenvalue weighted by molar-refractivity contribution is 9.10. The van der Waals surface area contributed by atoms with Crippen LogP contribution in [-0.2, 0) is 9.59 Å². The molecule has 6 nitrogen and oxygen atoms in total. The number of halogens is 2. The maximum Gasteiger partial charge on any atom is 0.244 e. The molecular formula is C19H16Br2N4O2. The molecule has 2 aromatic rings. The molecule has 8 heteroatoms. The summed E-state index contributed by atoms with van der Waals surface area (Å²) in [7, 11) is 0. The van der Waals surface area contributed by atoms with Gasteiger partial charge in [-0.25, -0.2) is 10.9 Å². The van der Waals surface area contributed by atoms with Gasteiger partial charge in [-0.3, -0.25) is 9.59 Å². The second-order valence-corrected chi connectivity index (χ2v) is 7.67. The Morgan fingerprint density at radius 1 is 0.815 bits per heavy atom. The highest BCUT2D eigenvalue weighted by Crippen LogP contribution is 2.38. The molecule has 0 bridgehead atoms. The van der Waals surface area contributed by atoms with E-state index in [2.05, 4.69) is 52.9 Å². The number of hydrazone groups is 2. The maximum atomic E-state index is 12.1. The van der Waals surface area contributed by atoms with Crippen molar-refractivity contribution in [1.82, 2.24) is 10.9 Å². The summed E-state index contributed by atoms with van der Waals surface area (Å²) in [6, 6.07) is 15.1. The molecule has 1 aliphatic carbocycles.